The number of hydrogen-bond acceptors (Lipinski definition) is 4. The van der Waals surface area contributed by atoms with Crippen LogP contribution in [0.1, 0.15) is 104 Å². The smallest absolute Gasteiger partial charge is 0.233 e. The van der Waals surface area contributed by atoms with Gasteiger partial charge in [0.2, 0.25) is 5.88 Å². The van der Waals surface area contributed by atoms with Gasteiger partial charge in [0, 0.05) is 11.6 Å². The van der Waals surface area contributed by atoms with Crippen molar-refractivity contribution in [1.82, 2.24) is 10.2 Å². The first-order chi connectivity index (χ1) is 15.7. The minimum absolute atomic E-state index is 0.171. The number of aromatic nitrogens is 2. The van der Waals surface area contributed by atoms with Gasteiger partial charge in [0.1, 0.15) is 5.75 Å². The Morgan fingerprint density at radius 2 is 1.31 bits per heavy atom. The van der Waals surface area contributed by atoms with E-state index in [9.17, 15) is 0 Å². The molecular formula is C28H44N2O2. The molecule has 0 saturated heterocycles. The Balaban J connectivity index is 1.66. The largest absolute Gasteiger partial charge is 0.494 e. The fourth-order valence-electron chi connectivity index (χ4n) is 3.81. The van der Waals surface area contributed by atoms with Crippen LogP contribution < -0.4 is 9.47 Å². The van der Waals surface area contributed by atoms with Crippen LogP contribution >= 0.6 is 0 Å². The van der Waals surface area contributed by atoms with Crippen molar-refractivity contribution in [2.24, 2.45) is 0 Å². The molecule has 0 saturated carbocycles. The fraction of sp³-hybridized carbons (Fsp3) is 0.643. The standard InChI is InChI=1S/C28H44N2O2/c1-4-6-8-10-11-12-13-15-23-31-26-19-17-25(18-20-26)27-21-22-28(30-29-27)32-24(3)16-14-9-7-5-2/h17-22,24H,4-16,23H2,1-3H3. The van der Waals surface area contributed by atoms with Crippen LogP contribution in [0.25, 0.3) is 11.3 Å². The lowest BCUT2D eigenvalue weighted by molar-refractivity contribution is 0.196. The fourth-order valence-corrected chi connectivity index (χ4v) is 3.81. The van der Waals surface area contributed by atoms with Crippen molar-refractivity contribution in [3.63, 3.8) is 0 Å². The first-order valence-electron chi connectivity index (χ1n) is 13.0. The topological polar surface area (TPSA) is 44.2 Å². The van der Waals surface area contributed by atoms with Crippen molar-refractivity contribution in [3.05, 3.63) is 36.4 Å². The SMILES string of the molecule is CCCCCCCCCCOc1ccc(-c2ccc(OC(C)CCCCCC)nn2)cc1. The van der Waals surface area contributed by atoms with Crippen LogP contribution in [0.2, 0.25) is 0 Å². The number of rotatable bonds is 18. The molecule has 1 atom stereocenters. The van der Waals surface area contributed by atoms with E-state index in [1.807, 2.05) is 36.4 Å². The first kappa shape index (κ1) is 26.2. The molecule has 0 amide bonds. The third-order valence-corrected chi connectivity index (χ3v) is 5.84. The minimum Gasteiger partial charge on any atom is -0.494 e. The average Bonchev–Trinajstić information content (AvgIpc) is 2.82. The van der Waals surface area contributed by atoms with Crippen molar-refractivity contribution in [3.8, 4) is 22.9 Å². The molecule has 0 N–H and O–H groups in total. The maximum absolute atomic E-state index is 5.91. The monoisotopic (exact) mass is 440 g/mol. The van der Waals surface area contributed by atoms with Crippen LogP contribution in [0.3, 0.4) is 0 Å². The van der Waals surface area contributed by atoms with E-state index in [1.165, 1.54) is 70.6 Å². The number of unbranched alkanes of at least 4 members (excludes halogenated alkanes) is 10. The molecule has 0 aliphatic carbocycles. The van der Waals surface area contributed by atoms with Gasteiger partial charge >= 0.3 is 0 Å². The molecule has 1 aromatic carbocycles. The van der Waals surface area contributed by atoms with Gasteiger partial charge in [-0.1, -0.05) is 78.1 Å². The summed E-state index contributed by atoms with van der Waals surface area (Å²) in [5, 5.41) is 8.61. The average molecular weight is 441 g/mol. The highest BCUT2D eigenvalue weighted by molar-refractivity contribution is 5.59. The van der Waals surface area contributed by atoms with Crippen LogP contribution in [0.4, 0.5) is 0 Å². The van der Waals surface area contributed by atoms with Crippen LogP contribution in [0.15, 0.2) is 36.4 Å². The second kappa shape index (κ2) is 16.5. The quantitative estimate of drug-likeness (QED) is 0.218. The van der Waals surface area contributed by atoms with Gasteiger partial charge in [-0.3, -0.25) is 0 Å². The molecule has 4 nitrogen and oxygen atoms in total. The second-order valence-electron chi connectivity index (χ2n) is 8.88. The predicted molar refractivity (Wildman–Crippen MR) is 134 cm³/mol. The van der Waals surface area contributed by atoms with Gasteiger partial charge in [0.15, 0.2) is 0 Å². The van der Waals surface area contributed by atoms with Crippen molar-refractivity contribution in [2.75, 3.05) is 6.61 Å². The van der Waals surface area contributed by atoms with E-state index in [-0.39, 0.29) is 6.10 Å². The Kier molecular flexibility index (Phi) is 13.5. The van der Waals surface area contributed by atoms with E-state index in [0.717, 1.165) is 36.5 Å². The molecule has 0 aliphatic heterocycles. The molecule has 4 heteroatoms. The summed E-state index contributed by atoms with van der Waals surface area (Å²) in [5.74, 6) is 1.52. The summed E-state index contributed by atoms with van der Waals surface area (Å²) in [7, 11) is 0. The molecule has 2 aromatic rings. The molecule has 1 unspecified atom stereocenters. The van der Waals surface area contributed by atoms with Crippen molar-refractivity contribution in [2.45, 2.75) is 110 Å². The van der Waals surface area contributed by atoms with Crippen LogP contribution in [0, 0.1) is 0 Å². The molecule has 0 radical (unpaired) electrons. The van der Waals surface area contributed by atoms with Crippen molar-refractivity contribution >= 4 is 0 Å². The number of ether oxygens (including phenoxy) is 2. The lowest BCUT2D eigenvalue weighted by Gasteiger charge is -2.13. The summed E-state index contributed by atoms with van der Waals surface area (Å²) < 4.78 is 11.8. The van der Waals surface area contributed by atoms with E-state index in [4.69, 9.17) is 9.47 Å². The van der Waals surface area contributed by atoms with E-state index >= 15 is 0 Å². The molecular weight excluding hydrogens is 396 g/mol. The highest BCUT2D eigenvalue weighted by Gasteiger charge is 2.07. The normalized spacial score (nSPS) is 12.0. The summed E-state index contributed by atoms with van der Waals surface area (Å²) in [6, 6.07) is 12.0. The summed E-state index contributed by atoms with van der Waals surface area (Å²) in [4.78, 5) is 0. The van der Waals surface area contributed by atoms with Gasteiger partial charge in [-0.25, -0.2) is 0 Å². The third-order valence-electron chi connectivity index (χ3n) is 5.84. The number of hydrogen-bond donors (Lipinski definition) is 0. The molecule has 0 bridgehead atoms. The number of benzene rings is 1. The van der Waals surface area contributed by atoms with Gasteiger partial charge < -0.3 is 9.47 Å². The van der Waals surface area contributed by atoms with Crippen molar-refractivity contribution in [1.29, 1.82) is 0 Å². The molecule has 0 fully saturated rings. The van der Waals surface area contributed by atoms with Gasteiger partial charge in [-0.2, -0.15) is 0 Å². The van der Waals surface area contributed by atoms with Crippen molar-refractivity contribution < 1.29 is 9.47 Å². The summed E-state index contributed by atoms with van der Waals surface area (Å²) in [6.45, 7) is 7.39. The second-order valence-corrected chi connectivity index (χ2v) is 8.88. The maximum atomic E-state index is 5.91. The van der Waals surface area contributed by atoms with Gasteiger partial charge in [-0.15, -0.1) is 10.2 Å². The van der Waals surface area contributed by atoms with E-state index in [2.05, 4.69) is 31.0 Å². The minimum atomic E-state index is 0.171. The maximum Gasteiger partial charge on any atom is 0.233 e. The molecule has 1 aromatic heterocycles. The molecule has 32 heavy (non-hydrogen) atoms. The Bertz CT molecular complexity index is 700. The van der Waals surface area contributed by atoms with Crippen LogP contribution in [-0.4, -0.2) is 22.9 Å². The first-order valence-corrected chi connectivity index (χ1v) is 13.0. The predicted octanol–water partition coefficient (Wildman–Crippen LogP) is 8.40. The zero-order valence-electron chi connectivity index (χ0n) is 20.7. The van der Waals surface area contributed by atoms with Crippen LogP contribution in [-0.2, 0) is 0 Å². The highest BCUT2D eigenvalue weighted by Crippen LogP contribution is 2.22. The summed E-state index contributed by atoms with van der Waals surface area (Å²) >= 11 is 0. The summed E-state index contributed by atoms with van der Waals surface area (Å²) in [6.07, 6.45) is 16.8. The third kappa shape index (κ3) is 11.0. The zero-order chi connectivity index (χ0) is 22.9. The lowest BCUT2D eigenvalue weighted by atomic mass is 10.1. The van der Waals surface area contributed by atoms with Gasteiger partial charge in [0.25, 0.3) is 0 Å². The zero-order valence-corrected chi connectivity index (χ0v) is 20.7. The van der Waals surface area contributed by atoms with E-state index in [0.29, 0.717) is 5.88 Å². The Hall–Kier alpha value is -2.10. The van der Waals surface area contributed by atoms with Gasteiger partial charge in [0.05, 0.1) is 18.4 Å². The number of nitrogens with zero attached hydrogens (tertiary/aromatic N) is 2. The van der Waals surface area contributed by atoms with E-state index in [1.54, 1.807) is 0 Å². The van der Waals surface area contributed by atoms with Gasteiger partial charge in [-0.05, 0) is 56.5 Å². The Morgan fingerprint density at radius 1 is 0.688 bits per heavy atom. The molecule has 178 valence electrons. The molecule has 1 heterocycles. The van der Waals surface area contributed by atoms with Crippen LogP contribution in [0.5, 0.6) is 11.6 Å². The molecule has 2 rings (SSSR count). The Morgan fingerprint density at radius 3 is 1.94 bits per heavy atom. The highest BCUT2D eigenvalue weighted by atomic mass is 16.5. The molecule has 0 aliphatic rings. The van der Waals surface area contributed by atoms with E-state index < -0.39 is 0 Å². The Labute approximate surface area is 196 Å². The molecule has 0 spiro atoms. The lowest BCUT2D eigenvalue weighted by Crippen LogP contribution is -2.12. The summed E-state index contributed by atoms with van der Waals surface area (Å²) in [5.41, 5.74) is 1.89.